The summed E-state index contributed by atoms with van der Waals surface area (Å²) >= 11 is 0. The zero-order valence-electron chi connectivity index (χ0n) is 9.18. The Morgan fingerprint density at radius 2 is 1.92 bits per heavy atom. The maximum Gasteiger partial charge on any atom is -0.000687 e. The zero-order chi connectivity index (χ0) is 9.94. The molecular weight excluding hydrogens is 160 g/mol. The fourth-order valence-electron chi connectivity index (χ4n) is 1.30. The van der Waals surface area contributed by atoms with Crippen LogP contribution in [0.2, 0.25) is 0 Å². The summed E-state index contributed by atoms with van der Waals surface area (Å²) in [6.07, 6.45) is 4.28. The van der Waals surface area contributed by atoms with Crippen LogP contribution in [0.1, 0.15) is 26.7 Å². The molecule has 78 valence electrons. The van der Waals surface area contributed by atoms with Gasteiger partial charge >= 0.3 is 0 Å². The van der Waals surface area contributed by atoms with E-state index in [1.807, 2.05) is 6.08 Å². The van der Waals surface area contributed by atoms with Crippen molar-refractivity contribution >= 4 is 0 Å². The van der Waals surface area contributed by atoms with Crippen LogP contribution in [0, 0.1) is 0 Å². The molecule has 2 nitrogen and oxygen atoms in total. The molecular formula is C11H24N2. The van der Waals surface area contributed by atoms with Gasteiger partial charge in [-0.3, -0.25) is 0 Å². The van der Waals surface area contributed by atoms with Crippen molar-refractivity contribution in [3.05, 3.63) is 12.7 Å². The van der Waals surface area contributed by atoms with Crippen LogP contribution in [0.15, 0.2) is 12.7 Å². The lowest BCUT2D eigenvalue weighted by Crippen LogP contribution is -2.27. The van der Waals surface area contributed by atoms with Gasteiger partial charge in [-0.25, -0.2) is 0 Å². The monoisotopic (exact) mass is 184 g/mol. The Balaban J connectivity index is 3.09. The lowest BCUT2D eigenvalue weighted by atomic mass is 10.3. The molecule has 0 atom stereocenters. The molecule has 13 heavy (non-hydrogen) atoms. The summed E-state index contributed by atoms with van der Waals surface area (Å²) in [5, 5.41) is 3.39. The predicted octanol–water partition coefficient (Wildman–Crippen LogP) is 1.88. The summed E-state index contributed by atoms with van der Waals surface area (Å²) < 4.78 is 0. The molecule has 0 rings (SSSR count). The Morgan fingerprint density at radius 1 is 1.23 bits per heavy atom. The van der Waals surface area contributed by atoms with Gasteiger partial charge in [0.2, 0.25) is 0 Å². The molecule has 0 radical (unpaired) electrons. The number of hydrogen-bond acceptors (Lipinski definition) is 2. The van der Waals surface area contributed by atoms with Gasteiger partial charge in [0, 0.05) is 0 Å². The Kier molecular flexibility index (Phi) is 9.49. The van der Waals surface area contributed by atoms with Gasteiger partial charge in [0.15, 0.2) is 0 Å². The van der Waals surface area contributed by atoms with Crippen molar-refractivity contribution in [2.24, 2.45) is 0 Å². The third kappa shape index (κ3) is 8.00. The highest BCUT2D eigenvalue weighted by Crippen LogP contribution is 1.89. The second-order valence-corrected chi connectivity index (χ2v) is 3.21. The maximum atomic E-state index is 3.69. The Hall–Kier alpha value is -0.340. The Morgan fingerprint density at radius 3 is 2.46 bits per heavy atom. The van der Waals surface area contributed by atoms with E-state index < -0.39 is 0 Å². The quantitative estimate of drug-likeness (QED) is 0.435. The van der Waals surface area contributed by atoms with E-state index in [-0.39, 0.29) is 0 Å². The zero-order valence-corrected chi connectivity index (χ0v) is 9.18. The standard InChI is InChI=1S/C11H24N2/c1-4-7-9-12-10-8-11-13(5-2)6-3/h4,12H,1,5-11H2,2-3H3. The average Bonchev–Trinajstić information content (AvgIpc) is 2.17. The summed E-state index contributed by atoms with van der Waals surface area (Å²) in [6.45, 7) is 13.9. The van der Waals surface area contributed by atoms with Crippen LogP contribution >= 0.6 is 0 Å². The lowest BCUT2D eigenvalue weighted by Gasteiger charge is -2.17. The minimum Gasteiger partial charge on any atom is -0.316 e. The predicted molar refractivity (Wildman–Crippen MR) is 60.1 cm³/mol. The Bertz CT molecular complexity index is 109. The van der Waals surface area contributed by atoms with E-state index in [2.05, 4.69) is 30.6 Å². The highest BCUT2D eigenvalue weighted by atomic mass is 15.1. The second-order valence-electron chi connectivity index (χ2n) is 3.21. The first-order valence-electron chi connectivity index (χ1n) is 5.39. The van der Waals surface area contributed by atoms with Gasteiger partial charge < -0.3 is 10.2 Å². The number of nitrogens with one attached hydrogen (secondary N) is 1. The topological polar surface area (TPSA) is 15.3 Å². The second kappa shape index (κ2) is 9.75. The molecule has 0 fully saturated rings. The third-order valence-corrected chi connectivity index (χ3v) is 2.25. The molecule has 0 aliphatic rings. The van der Waals surface area contributed by atoms with E-state index in [1.165, 1.54) is 26.1 Å². The van der Waals surface area contributed by atoms with Gasteiger partial charge in [-0.05, 0) is 45.6 Å². The van der Waals surface area contributed by atoms with Crippen molar-refractivity contribution in [1.29, 1.82) is 0 Å². The van der Waals surface area contributed by atoms with E-state index in [0.29, 0.717) is 0 Å². The van der Waals surface area contributed by atoms with Crippen LogP contribution in [0.5, 0.6) is 0 Å². The third-order valence-electron chi connectivity index (χ3n) is 2.25. The van der Waals surface area contributed by atoms with E-state index in [0.717, 1.165) is 19.5 Å². The smallest absolute Gasteiger partial charge is 0.000687 e. The van der Waals surface area contributed by atoms with Crippen LogP contribution in [-0.4, -0.2) is 37.6 Å². The molecule has 0 spiro atoms. The molecule has 0 saturated heterocycles. The van der Waals surface area contributed by atoms with Crippen molar-refractivity contribution in [1.82, 2.24) is 10.2 Å². The lowest BCUT2D eigenvalue weighted by molar-refractivity contribution is 0.298. The van der Waals surface area contributed by atoms with Crippen molar-refractivity contribution in [3.8, 4) is 0 Å². The van der Waals surface area contributed by atoms with E-state index in [4.69, 9.17) is 0 Å². The normalized spacial score (nSPS) is 10.7. The maximum absolute atomic E-state index is 3.69. The summed E-state index contributed by atoms with van der Waals surface area (Å²) in [5.74, 6) is 0. The number of nitrogens with zero attached hydrogens (tertiary/aromatic N) is 1. The van der Waals surface area contributed by atoms with Crippen molar-refractivity contribution in [2.45, 2.75) is 26.7 Å². The fraction of sp³-hybridized carbons (Fsp3) is 0.818. The van der Waals surface area contributed by atoms with E-state index in [9.17, 15) is 0 Å². The first kappa shape index (κ1) is 12.7. The SMILES string of the molecule is C=CCCNCCCN(CC)CC. The van der Waals surface area contributed by atoms with Crippen LogP contribution in [0.25, 0.3) is 0 Å². The summed E-state index contributed by atoms with van der Waals surface area (Å²) in [5.41, 5.74) is 0. The summed E-state index contributed by atoms with van der Waals surface area (Å²) in [4.78, 5) is 2.45. The first-order valence-corrected chi connectivity index (χ1v) is 5.39. The van der Waals surface area contributed by atoms with Crippen LogP contribution < -0.4 is 5.32 Å². The van der Waals surface area contributed by atoms with Crippen molar-refractivity contribution in [2.75, 3.05) is 32.7 Å². The van der Waals surface area contributed by atoms with Gasteiger partial charge in [-0.15, -0.1) is 6.58 Å². The average molecular weight is 184 g/mol. The van der Waals surface area contributed by atoms with Crippen LogP contribution in [0.4, 0.5) is 0 Å². The van der Waals surface area contributed by atoms with Gasteiger partial charge in [-0.1, -0.05) is 19.9 Å². The van der Waals surface area contributed by atoms with Crippen molar-refractivity contribution in [3.63, 3.8) is 0 Å². The van der Waals surface area contributed by atoms with E-state index >= 15 is 0 Å². The molecule has 0 amide bonds. The van der Waals surface area contributed by atoms with Gasteiger partial charge in [0.05, 0.1) is 0 Å². The molecule has 0 bridgehead atoms. The fourth-order valence-corrected chi connectivity index (χ4v) is 1.30. The highest BCUT2D eigenvalue weighted by molar-refractivity contribution is 4.67. The highest BCUT2D eigenvalue weighted by Gasteiger charge is 1.96. The van der Waals surface area contributed by atoms with Crippen LogP contribution in [0.3, 0.4) is 0 Å². The minimum atomic E-state index is 1.07. The molecule has 0 aromatic heterocycles. The molecule has 0 unspecified atom stereocenters. The van der Waals surface area contributed by atoms with Gasteiger partial charge in [0.1, 0.15) is 0 Å². The number of hydrogen-bond donors (Lipinski definition) is 1. The molecule has 2 heteroatoms. The molecule has 0 aromatic rings. The van der Waals surface area contributed by atoms with Gasteiger partial charge in [0.25, 0.3) is 0 Å². The van der Waals surface area contributed by atoms with Gasteiger partial charge in [-0.2, -0.15) is 0 Å². The summed E-state index contributed by atoms with van der Waals surface area (Å²) in [6, 6.07) is 0. The minimum absolute atomic E-state index is 1.07. The molecule has 0 aromatic carbocycles. The van der Waals surface area contributed by atoms with E-state index in [1.54, 1.807) is 0 Å². The molecule has 0 saturated carbocycles. The molecule has 0 aliphatic carbocycles. The first-order chi connectivity index (χ1) is 6.35. The molecule has 1 N–H and O–H groups in total. The summed E-state index contributed by atoms with van der Waals surface area (Å²) in [7, 11) is 0. The number of rotatable bonds is 9. The largest absolute Gasteiger partial charge is 0.316 e. The Labute approximate surface area is 83.0 Å². The molecule has 0 heterocycles. The molecule has 0 aliphatic heterocycles. The van der Waals surface area contributed by atoms with Crippen molar-refractivity contribution < 1.29 is 0 Å². The van der Waals surface area contributed by atoms with Crippen LogP contribution in [-0.2, 0) is 0 Å².